The maximum absolute atomic E-state index is 11.0. The van der Waals surface area contributed by atoms with Gasteiger partial charge in [-0.25, -0.2) is 0 Å². The molecule has 1 atom stereocenters. The van der Waals surface area contributed by atoms with E-state index in [1.807, 2.05) is 12.1 Å². The van der Waals surface area contributed by atoms with E-state index in [0.29, 0.717) is 6.54 Å². The summed E-state index contributed by atoms with van der Waals surface area (Å²) in [6, 6.07) is 8.18. The molecular weight excluding hydrogens is 282 g/mol. The Hall–Kier alpha value is -0.870. The number of likely N-dealkylation sites (tertiary alicyclic amines) is 1. The van der Waals surface area contributed by atoms with Crippen LogP contribution < -0.4 is 0 Å². The van der Waals surface area contributed by atoms with Gasteiger partial charge in [0.25, 0.3) is 0 Å². The van der Waals surface area contributed by atoms with E-state index >= 15 is 0 Å². The number of carboxylic acids is 1. The van der Waals surface area contributed by atoms with Crippen LogP contribution in [0.25, 0.3) is 0 Å². The van der Waals surface area contributed by atoms with Crippen molar-refractivity contribution in [1.82, 2.24) is 4.90 Å². The molecule has 17 heavy (non-hydrogen) atoms. The zero-order valence-electron chi connectivity index (χ0n) is 9.60. The Labute approximate surface area is 110 Å². The van der Waals surface area contributed by atoms with E-state index in [4.69, 9.17) is 5.11 Å². The van der Waals surface area contributed by atoms with Gasteiger partial charge in [-0.2, -0.15) is 0 Å². The standard InChI is InChI=1S/C13H16BrNO2/c14-12-5-1-3-10(7-12)8-15-6-2-4-11(9-15)13(16)17/h1,3,5,7,11H,2,4,6,8-9H2,(H,16,17)/t11-/m1/s1. The Kier molecular flexibility index (Phi) is 4.18. The van der Waals surface area contributed by atoms with Crippen LogP contribution in [0.15, 0.2) is 28.7 Å². The highest BCUT2D eigenvalue weighted by atomic mass is 79.9. The second-order valence-electron chi connectivity index (χ2n) is 4.54. The van der Waals surface area contributed by atoms with Gasteiger partial charge in [-0.1, -0.05) is 28.1 Å². The lowest BCUT2D eigenvalue weighted by Gasteiger charge is -2.30. The number of carbonyl (C=O) groups is 1. The minimum atomic E-state index is -0.663. The first-order valence-corrected chi connectivity index (χ1v) is 6.64. The highest BCUT2D eigenvalue weighted by Crippen LogP contribution is 2.20. The Balaban J connectivity index is 1.97. The first kappa shape index (κ1) is 12.6. The van der Waals surface area contributed by atoms with Gasteiger partial charge in [0.05, 0.1) is 5.92 Å². The predicted molar refractivity (Wildman–Crippen MR) is 69.8 cm³/mol. The van der Waals surface area contributed by atoms with Crippen molar-refractivity contribution in [2.24, 2.45) is 5.92 Å². The average Bonchev–Trinajstić information content (AvgIpc) is 2.29. The van der Waals surface area contributed by atoms with Gasteiger partial charge < -0.3 is 5.11 Å². The minimum absolute atomic E-state index is 0.198. The fraction of sp³-hybridized carbons (Fsp3) is 0.462. The van der Waals surface area contributed by atoms with Gasteiger partial charge >= 0.3 is 5.97 Å². The van der Waals surface area contributed by atoms with Crippen LogP contribution in [0.5, 0.6) is 0 Å². The molecule has 0 amide bonds. The topological polar surface area (TPSA) is 40.5 Å². The summed E-state index contributed by atoms with van der Waals surface area (Å²) < 4.78 is 1.07. The molecule has 0 spiro atoms. The Morgan fingerprint density at radius 3 is 3.06 bits per heavy atom. The summed E-state index contributed by atoms with van der Waals surface area (Å²) in [7, 11) is 0. The molecule has 1 fully saturated rings. The first-order chi connectivity index (χ1) is 8.15. The average molecular weight is 298 g/mol. The van der Waals surface area contributed by atoms with Crippen molar-refractivity contribution in [2.45, 2.75) is 19.4 Å². The lowest BCUT2D eigenvalue weighted by molar-refractivity contribution is -0.143. The molecule has 0 saturated carbocycles. The number of piperidine rings is 1. The summed E-state index contributed by atoms with van der Waals surface area (Å²) in [4.78, 5) is 13.2. The number of rotatable bonds is 3. The fourth-order valence-electron chi connectivity index (χ4n) is 2.29. The maximum Gasteiger partial charge on any atom is 0.307 e. The lowest BCUT2D eigenvalue weighted by atomic mass is 9.98. The number of nitrogens with zero attached hydrogens (tertiary/aromatic N) is 1. The van der Waals surface area contributed by atoms with Crippen LogP contribution in [0.4, 0.5) is 0 Å². The van der Waals surface area contributed by atoms with E-state index in [9.17, 15) is 4.79 Å². The Morgan fingerprint density at radius 1 is 1.53 bits per heavy atom. The van der Waals surface area contributed by atoms with E-state index in [1.165, 1.54) is 5.56 Å². The number of carboxylic acid groups (broad SMARTS) is 1. The quantitative estimate of drug-likeness (QED) is 0.933. The van der Waals surface area contributed by atoms with Crippen molar-refractivity contribution >= 4 is 21.9 Å². The third-order valence-electron chi connectivity index (χ3n) is 3.15. The second kappa shape index (κ2) is 5.65. The molecule has 2 rings (SSSR count). The van der Waals surface area contributed by atoms with Crippen LogP contribution in [-0.2, 0) is 11.3 Å². The molecule has 0 bridgehead atoms. The highest BCUT2D eigenvalue weighted by molar-refractivity contribution is 9.10. The molecule has 0 unspecified atom stereocenters. The van der Waals surface area contributed by atoms with E-state index < -0.39 is 5.97 Å². The van der Waals surface area contributed by atoms with Crippen LogP contribution in [0.3, 0.4) is 0 Å². The largest absolute Gasteiger partial charge is 0.481 e. The van der Waals surface area contributed by atoms with E-state index in [2.05, 4.69) is 33.0 Å². The fourth-order valence-corrected chi connectivity index (χ4v) is 2.74. The van der Waals surface area contributed by atoms with Crippen molar-refractivity contribution in [2.75, 3.05) is 13.1 Å². The summed E-state index contributed by atoms with van der Waals surface area (Å²) in [5.74, 6) is -0.861. The molecular formula is C13H16BrNO2. The normalized spacial score (nSPS) is 21.4. The highest BCUT2D eigenvalue weighted by Gasteiger charge is 2.25. The summed E-state index contributed by atoms with van der Waals surface area (Å²) in [5.41, 5.74) is 1.23. The van der Waals surface area contributed by atoms with Crippen LogP contribution in [-0.4, -0.2) is 29.1 Å². The molecule has 0 aromatic heterocycles. The van der Waals surface area contributed by atoms with Gasteiger partial charge in [-0.3, -0.25) is 9.69 Å². The molecule has 1 saturated heterocycles. The summed E-state index contributed by atoms with van der Waals surface area (Å²) in [5, 5.41) is 9.03. The molecule has 1 aromatic rings. The molecule has 1 N–H and O–H groups in total. The maximum atomic E-state index is 11.0. The van der Waals surface area contributed by atoms with E-state index in [1.54, 1.807) is 0 Å². The van der Waals surface area contributed by atoms with E-state index in [0.717, 1.165) is 30.4 Å². The summed E-state index contributed by atoms with van der Waals surface area (Å²) in [6.07, 6.45) is 1.79. The van der Waals surface area contributed by atoms with Crippen molar-refractivity contribution in [1.29, 1.82) is 0 Å². The number of halogens is 1. The van der Waals surface area contributed by atoms with Gasteiger partial charge in [0, 0.05) is 17.6 Å². The van der Waals surface area contributed by atoms with Crippen molar-refractivity contribution in [3.05, 3.63) is 34.3 Å². The first-order valence-electron chi connectivity index (χ1n) is 5.85. The zero-order chi connectivity index (χ0) is 12.3. The van der Waals surface area contributed by atoms with Crippen LogP contribution in [0.1, 0.15) is 18.4 Å². The van der Waals surface area contributed by atoms with Gasteiger partial charge in [0.15, 0.2) is 0 Å². The number of aliphatic carboxylic acids is 1. The number of hydrogen-bond acceptors (Lipinski definition) is 2. The number of benzene rings is 1. The van der Waals surface area contributed by atoms with Gasteiger partial charge in [-0.05, 0) is 37.1 Å². The molecule has 1 aromatic carbocycles. The summed E-state index contributed by atoms with van der Waals surface area (Å²) >= 11 is 3.45. The number of hydrogen-bond donors (Lipinski definition) is 1. The molecule has 1 aliphatic rings. The molecule has 3 nitrogen and oxygen atoms in total. The monoisotopic (exact) mass is 297 g/mol. The summed E-state index contributed by atoms with van der Waals surface area (Å²) in [6.45, 7) is 2.50. The molecule has 92 valence electrons. The van der Waals surface area contributed by atoms with Gasteiger partial charge in [0.2, 0.25) is 0 Å². The van der Waals surface area contributed by atoms with Crippen molar-refractivity contribution < 1.29 is 9.90 Å². The lowest BCUT2D eigenvalue weighted by Crippen LogP contribution is -2.38. The molecule has 4 heteroatoms. The van der Waals surface area contributed by atoms with Crippen LogP contribution >= 0.6 is 15.9 Å². The van der Waals surface area contributed by atoms with Crippen LogP contribution in [0, 0.1) is 5.92 Å². The van der Waals surface area contributed by atoms with Crippen molar-refractivity contribution in [3.63, 3.8) is 0 Å². The van der Waals surface area contributed by atoms with Crippen molar-refractivity contribution in [3.8, 4) is 0 Å². The molecule has 0 aliphatic carbocycles. The van der Waals surface area contributed by atoms with Gasteiger partial charge in [-0.15, -0.1) is 0 Å². The molecule has 0 radical (unpaired) electrons. The second-order valence-corrected chi connectivity index (χ2v) is 5.46. The Bertz CT molecular complexity index is 408. The van der Waals surface area contributed by atoms with Gasteiger partial charge in [0.1, 0.15) is 0 Å². The molecule has 1 heterocycles. The Morgan fingerprint density at radius 2 is 2.35 bits per heavy atom. The minimum Gasteiger partial charge on any atom is -0.481 e. The SMILES string of the molecule is O=C(O)[C@@H]1CCCN(Cc2cccc(Br)c2)C1. The predicted octanol–water partition coefficient (Wildman–Crippen LogP) is 2.75. The third kappa shape index (κ3) is 3.54. The van der Waals surface area contributed by atoms with E-state index in [-0.39, 0.29) is 5.92 Å². The molecule has 1 aliphatic heterocycles. The zero-order valence-corrected chi connectivity index (χ0v) is 11.2. The van der Waals surface area contributed by atoms with Crippen LogP contribution in [0.2, 0.25) is 0 Å². The smallest absolute Gasteiger partial charge is 0.307 e. The third-order valence-corrected chi connectivity index (χ3v) is 3.64.